The largest absolute Gasteiger partial charge is 0.388 e. The summed E-state index contributed by atoms with van der Waals surface area (Å²) in [4.78, 5) is 22.8. The molecule has 6 heteroatoms. The molecule has 1 aromatic heterocycles. The van der Waals surface area contributed by atoms with Crippen LogP contribution in [0.5, 0.6) is 0 Å². The van der Waals surface area contributed by atoms with E-state index >= 15 is 0 Å². The van der Waals surface area contributed by atoms with Gasteiger partial charge >= 0.3 is 0 Å². The van der Waals surface area contributed by atoms with Crippen molar-refractivity contribution in [3.05, 3.63) is 18.5 Å². The third-order valence-electron chi connectivity index (χ3n) is 4.27. The first-order chi connectivity index (χ1) is 10.1. The van der Waals surface area contributed by atoms with Crippen LogP contribution >= 0.6 is 0 Å². The Balaban J connectivity index is 1.98. The Hall–Kier alpha value is -1.69. The van der Waals surface area contributed by atoms with Gasteiger partial charge in [-0.05, 0) is 31.7 Å². The lowest BCUT2D eigenvalue weighted by Gasteiger charge is -2.28. The molecular formula is C15H24N4O2. The average Bonchev–Trinajstić information content (AvgIpc) is 3.03. The van der Waals surface area contributed by atoms with E-state index in [1.54, 1.807) is 18.5 Å². The van der Waals surface area contributed by atoms with Crippen LogP contribution in [0.2, 0.25) is 0 Å². The number of nitrogens with one attached hydrogen (secondary N) is 1. The van der Waals surface area contributed by atoms with Gasteiger partial charge in [-0.2, -0.15) is 0 Å². The van der Waals surface area contributed by atoms with Crippen LogP contribution in [0.25, 0.3) is 0 Å². The third kappa shape index (κ3) is 3.69. The second kappa shape index (κ2) is 6.85. The molecule has 0 spiro atoms. The molecule has 1 aliphatic rings. The van der Waals surface area contributed by atoms with Crippen LogP contribution in [-0.2, 0) is 4.79 Å². The Bertz CT molecular complexity index is 462. The van der Waals surface area contributed by atoms with Crippen molar-refractivity contribution in [2.45, 2.75) is 51.2 Å². The third-order valence-corrected chi connectivity index (χ3v) is 4.27. The van der Waals surface area contributed by atoms with Crippen molar-refractivity contribution in [1.29, 1.82) is 0 Å². The molecular weight excluding hydrogens is 268 g/mol. The summed E-state index contributed by atoms with van der Waals surface area (Å²) in [5, 5.41) is 13.1. The smallest absolute Gasteiger partial charge is 0.242 e. The molecule has 21 heavy (non-hydrogen) atoms. The number of aromatic nitrogens is 2. The van der Waals surface area contributed by atoms with Crippen LogP contribution < -0.4 is 10.2 Å². The molecule has 0 saturated carbocycles. The molecule has 1 atom stereocenters. The molecule has 6 nitrogen and oxygen atoms in total. The minimum absolute atomic E-state index is 0.0553. The van der Waals surface area contributed by atoms with Gasteiger partial charge in [0, 0.05) is 25.5 Å². The maximum atomic E-state index is 12.4. The number of carbonyl (C=O) groups excluding carboxylic acids is 1. The maximum Gasteiger partial charge on any atom is 0.242 e. The van der Waals surface area contributed by atoms with Gasteiger partial charge in [-0.1, -0.05) is 13.8 Å². The van der Waals surface area contributed by atoms with Gasteiger partial charge in [0.15, 0.2) is 0 Å². The summed E-state index contributed by atoms with van der Waals surface area (Å²) < 4.78 is 0. The highest BCUT2D eigenvalue weighted by atomic mass is 16.3. The van der Waals surface area contributed by atoms with Crippen molar-refractivity contribution >= 4 is 11.9 Å². The lowest BCUT2D eigenvalue weighted by atomic mass is 9.97. The fourth-order valence-electron chi connectivity index (χ4n) is 2.59. The van der Waals surface area contributed by atoms with Gasteiger partial charge in [0.2, 0.25) is 11.9 Å². The van der Waals surface area contributed by atoms with Gasteiger partial charge in [-0.25, -0.2) is 9.97 Å². The second-order valence-electron chi connectivity index (χ2n) is 5.55. The number of carbonyl (C=O) groups is 1. The first-order valence-electron chi connectivity index (χ1n) is 7.63. The molecule has 2 heterocycles. The summed E-state index contributed by atoms with van der Waals surface area (Å²) in [5.74, 6) is 0.539. The molecule has 1 saturated heterocycles. The van der Waals surface area contributed by atoms with Crippen LogP contribution in [0.15, 0.2) is 18.5 Å². The minimum Gasteiger partial charge on any atom is -0.388 e. The quantitative estimate of drug-likeness (QED) is 0.821. The van der Waals surface area contributed by atoms with Gasteiger partial charge in [-0.3, -0.25) is 4.79 Å². The standard InChI is InChI=1S/C15H24N4O2/c1-3-15(21,4-2)11-18-13(20)12-7-5-10-19(12)14-16-8-6-9-17-14/h6,8-9,12,21H,3-5,7,10-11H2,1-2H3,(H,18,20). The van der Waals surface area contributed by atoms with Crippen molar-refractivity contribution in [2.24, 2.45) is 0 Å². The number of rotatable bonds is 6. The van der Waals surface area contributed by atoms with E-state index in [-0.39, 0.29) is 11.9 Å². The Morgan fingerprint density at radius 3 is 2.71 bits per heavy atom. The van der Waals surface area contributed by atoms with E-state index in [1.807, 2.05) is 18.7 Å². The molecule has 0 aromatic carbocycles. The normalized spacial score (nSPS) is 18.8. The predicted octanol–water partition coefficient (Wildman–Crippen LogP) is 1.11. The number of amides is 1. The zero-order chi connectivity index (χ0) is 15.3. The number of hydrogen-bond acceptors (Lipinski definition) is 5. The Morgan fingerprint density at radius 1 is 1.43 bits per heavy atom. The highest BCUT2D eigenvalue weighted by molar-refractivity contribution is 5.85. The van der Waals surface area contributed by atoms with E-state index in [9.17, 15) is 9.90 Å². The van der Waals surface area contributed by atoms with Gasteiger partial charge in [0.1, 0.15) is 6.04 Å². The lowest BCUT2D eigenvalue weighted by Crippen LogP contribution is -2.49. The monoisotopic (exact) mass is 292 g/mol. The van der Waals surface area contributed by atoms with Gasteiger partial charge in [-0.15, -0.1) is 0 Å². The molecule has 2 rings (SSSR count). The van der Waals surface area contributed by atoms with Crippen LogP contribution in [0.3, 0.4) is 0 Å². The Labute approximate surface area is 125 Å². The molecule has 1 amide bonds. The topological polar surface area (TPSA) is 78.4 Å². The SMILES string of the molecule is CCC(O)(CC)CNC(=O)C1CCCN1c1ncccn1. The van der Waals surface area contributed by atoms with Crippen molar-refractivity contribution in [1.82, 2.24) is 15.3 Å². The van der Waals surface area contributed by atoms with Gasteiger partial charge in [0.25, 0.3) is 0 Å². The van der Waals surface area contributed by atoms with E-state index in [0.29, 0.717) is 25.3 Å². The number of nitrogens with zero attached hydrogens (tertiary/aromatic N) is 3. The van der Waals surface area contributed by atoms with Crippen LogP contribution in [-0.4, -0.2) is 45.7 Å². The van der Waals surface area contributed by atoms with E-state index in [0.717, 1.165) is 19.4 Å². The first kappa shape index (κ1) is 15.7. The average molecular weight is 292 g/mol. The van der Waals surface area contributed by atoms with Gasteiger partial charge in [0.05, 0.1) is 5.60 Å². The molecule has 0 bridgehead atoms. The van der Waals surface area contributed by atoms with Crippen LogP contribution in [0.1, 0.15) is 39.5 Å². The number of hydrogen-bond donors (Lipinski definition) is 2. The van der Waals surface area contributed by atoms with Crippen LogP contribution in [0.4, 0.5) is 5.95 Å². The fraction of sp³-hybridized carbons (Fsp3) is 0.667. The second-order valence-corrected chi connectivity index (χ2v) is 5.55. The number of aliphatic hydroxyl groups is 1. The highest BCUT2D eigenvalue weighted by Crippen LogP contribution is 2.22. The van der Waals surface area contributed by atoms with Crippen molar-refractivity contribution in [2.75, 3.05) is 18.0 Å². The highest BCUT2D eigenvalue weighted by Gasteiger charge is 2.33. The number of anilines is 1. The molecule has 0 aliphatic carbocycles. The summed E-state index contributed by atoms with van der Waals surface area (Å²) in [5.41, 5.74) is -0.817. The predicted molar refractivity (Wildman–Crippen MR) is 80.9 cm³/mol. The Morgan fingerprint density at radius 2 is 2.10 bits per heavy atom. The van der Waals surface area contributed by atoms with Crippen LogP contribution in [0, 0.1) is 0 Å². The summed E-state index contributed by atoms with van der Waals surface area (Å²) in [6.45, 7) is 4.93. The van der Waals surface area contributed by atoms with Crippen molar-refractivity contribution in [3.8, 4) is 0 Å². The summed E-state index contributed by atoms with van der Waals surface area (Å²) >= 11 is 0. The van der Waals surface area contributed by atoms with Crippen molar-refractivity contribution < 1.29 is 9.90 Å². The molecule has 116 valence electrons. The van der Waals surface area contributed by atoms with E-state index in [2.05, 4.69) is 15.3 Å². The van der Waals surface area contributed by atoms with E-state index in [1.165, 1.54) is 0 Å². The zero-order valence-corrected chi connectivity index (χ0v) is 12.7. The Kier molecular flexibility index (Phi) is 5.12. The van der Waals surface area contributed by atoms with E-state index in [4.69, 9.17) is 0 Å². The maximum absolute atomic E-state index is 12.4. The molecule has 1 unspecified atom stereocenters. The lowest BCUT2D eigenvalue weighted by molar-refractivity contribution is -0.123. The van der Waals surface area contributed by atoms with E-state index < -0.39 is 5.60 Å². The molecule has 1 aromatic rings. The molecule has 1 fully saturated rings. The molecule has 2 N–H and O–H groups in total. The molecule has 0 radical (unpaired) electrons. The summed E-state index contributed by atoms with van der Waals surface area (Å²) in [6, 6.07) is 1.52. The van der Waals surface area contributed by atoms with Crippen molar-refractivity contribution in [3.63, 3.8) is 0 Å². The summed E-state index contributed by atoms with van der Waals surface area (Å²) in [6.07, 6.45) is 6.36. The van der Waals surface area contributed by atoms with Gasteiger partial charge < -0.3 is 15.3 Å². The minimum atomic E-state index is -0.817. The first-order valence-corrected chi connectivity index (χ1v) is 7.63. The molecule has 1 aliphatic heterocycles. The fourth-order valence-corrected chi connectivity index (χ4v) is 2.59. The zero-order valence-electron chi connectivity index (χ0n) is 12.7. The summed E-state index contributed by atoms with van der Waals surface area (Å²) in [7, 11) is 0.